The van der Waals surface area contributed by atoms with Crippen molar-refractivity contribution in [2.24, 2.45) is 5.92 Å². The summed E-state index contributed by atoms with van der Waals surface area (Å²) >= 11 is 0. The number of hydrogen-bond acceptors (Lipinski definition) is 5. The molecule has 1 unspecified atom stereocenters. The van der Waals surface area contributed by atoms with E-state index in [1.807, 2.05) is 17.2 Å². The van der Waals surface area contributed by atoms with Crippen LogP contribution in [0.15, 0.2) is 29.3 Å². The molecule has 2 aromatic rings. The summed E-state index contributed by atoms with van der Waals surface area (Å²) in [6.45, 7) is 5.27. The van der Waals surface area contributed by atoms with Crippen LogP contribution in [0.3, 0.4) is 0 Å². The van der Waals surface area contributed by atoms with Gasteiger partial charge in [-0.25, -0.2) is 4.98 Å². The van der Waals surface area contributed by atoms with Crippen LogP contribution in [0.2, 0.25) is 0 Å². The van der Waals surface area contributed by atoms with Crippen molar-refractivity contribution < 1.29 is 4.79 Å². The Kier molecular flexibility index (Phi) is 5.52. The van der Waals surface area contributed by atoms with E-state index in [-0.39, 0.29) is 17.4 Å². The number of nitrogens with one attached hydrogen (secondary N) is 2. The minimum atomic E-state index is -0.110. The van der Waals surface area contributed by atoms with Gasteiger partial charge in [-0.2, -0.15) is 0 Å². The van der Waals surface area contributed by atoms with Gasteiger partial charge in [0, 0.05) is 37.5 Å². The van der Waals surface area contributed by atoms with Crippen LogP contribution in [0.5, 0.6) is 0 Å². The highest BCUT2D eigenvalue weighted by Crippen LogP contribution is 2.27. The lowest BCUT2D eigenvalue weighted by molar-refractivity contribution is 0.0711. The first-order chi connectivity index (χ1) is 13.6. The fraction of sp³-hybridized carbons (Fsp3) is 0.524. The molecule has 2 aliphatic rings. The minimum Gasteiger partial charge on any atom is -0.339 e. The Bertz CT molecular complexity index is 896. The zero-order valence-electron chi connectivity index (χ0n) is 16.3. The van der Waals surface area contributed by atoms with E-state index in [4.69, 9.17) is 0 Å². The third kappa shape index (κ3) is 4.30. The molecular formula is C21H27N5O2. The number of carbonyl (C=O) groups excluding carboxylic acids is 1. The van der Waals surface area contributed by atoms with E-state index in [2.05, 4.69) is 20.3 Å². The number of hydrogen-bond donors (Lipinski definition) is 2. The van der Waals surface area contributed by atoms with Gasteiger partial charge in [-0.3, -0.25) is 14.6 Å². The van der Waals surface area contributed by atoms with Crippen molar-refractivity contribution in [3.05, 3.63) is 57.5 Å². The second kappa shape index (κ2) is 8.22. The number of amides is 1. The topological polar surface area (TPSA) is 91.0 Å². The molecule has 0 bridgehead atoms. The molecule has 2 fully saturated rings. The third-order valence-electron chi connectivity index (χ3n) is 5.81. The first-order valence-electron chi connectivity index (χ1n) is 10.1. The molecule has 4 heterocycles. The Balaban J connectivity index is 1.39. The number of aryl methyl sites for hydroxylation is 1. The van der Waals surface area contributed by atoms with E-state index in [0.717, 1.165) is 43.6 Å². The lowest BCUT2D eigenvalue weighted by atomic mass is 9.92. The Morgan fingerprint density at radius 2 is 2.04 bits per heavy atom. The Morgan fingerprint density at radius 1 is 1.21 bits per heavy atom. The Labute approximate surface area is 164 Å². The van der Waals surface area contributed by atoms with Gasteiger partial charge in [0.2, 0.25) is 0 Å². The van der Waals surface area contributed by atoms with Crippen molar-refractivity contribution in [1.29, 1.82) is 0 Å². The van der Waals surface area contributed by atoms with Crippen molar-refractivity contribution in [3.63, 3.8) is 0 Å². The molecule has 0 radical (unpaired) electrons. The van der Waals surface area contributed by atoms with E-state index < -0.39 is 0 Å². The van der Waals surface area contributed by atoms with Crippen LogP contribution in [0.4, 0.5) is 0 Å². The number of rotatable bonds is 4. The molecule has 0 spiro atoms. The number of nitrogens with zero attached hydrogens (tertiary/aromatic N) is 3. The maximum Gasteiger partial charge on any atom is 0.255 e. The molecule has 0 saturated carbocycles. The molecule has 2 N–H and O–H groups in total. The molecule has 28 heavy (non-hydrogen) atoms. The first kappa shape index (κ1) is 18.8. The maximum absolute atomic E-state index is 12.9. The average Bonchev–Trinajstić information content (AvgIpc) is 3.20. The van der Waals surface area contributed by atoms with Crippen LogP contribution >= 0.6 is 0 Å². The van der Waals surface area contributed by atoms with Gasteiger partial charge in [0.25, 0.3) is 11.5 Å². The molecular weight excluding hydrogens is 354 g/mol. The van der Waals surface area contributed by atoms with E-state index in [1.54, 1.807) is 19.2 Å². The predicted molar refractivity (Wildman–Crippen MR) is 106 cm³/mol. The Morgan fingerprint density at radius 3 is 2.75 bits per heavy atom. The Hall–Kier alpha value is -2.54. The molecule has 2 aromatic heterocycles. The standard InChI is InChI=1S/C21H27N5O2/c1-14-24-19(10-20(27)25-14)17-3-6-26(7-4-17)21(28)18-9-16(12-23-13-18)8-15-2-5-22-11-15/h9-10,12-13,15,17,22H,2-8,11H2,1H3,(H,24,25,27). The molecule has 148 valence electrons. The number of likely N-dealkylation sites (tertiary alicyclic amines) is 1. The average molecular weight is 381 g/mol. The summed E-state index contributed by atoms with van der Waals surface area (Å²) < 4.78 is 0. The first-order valence-corrected chi connectivity index (χ1v) is 10.1. The van der Waals surface area contributed by atoms with E-state index in [9.17, 15) is 9.59 Å². The number of carbonyl (C=O) groups is 1. The number of aromatic nitrogens is 3. The molecule has 2 saturated heterocycles. The lowest BCUT2D eigenvalue weighted by Gasteiger charge is -2.31. The van der Waals surface area contributed by atoms with Crippen LogP contribution in [0.25, 0.3) is 0 Å². The molecule has 1 amide bonds. The third-order valence-corrected chi connectivity index (χ3v) is 5.81. The summed E-state index contributed by atoms with van der Waals surface area (Å²) in [7, 11) is 0. The van der Waals surface area contributed by atoms with Crippen molar-refractivity contribution >= 4 is 5.91 Å². The van der Waals surface area contributed by atoms with E-state index in [0.29, 0.717) is 30.4 Å². The normalized spacial score (nSPS) is 20.5. The molecule has 2 aliphatic heterocycles. The van der Waals surface area contributed by atoms with Crippen LogP contribution in [-0.2, 0) is 6.42 Å². The van der Waals surface area contributed by atoms with Crippen LogP contribution in [-0.4, -0.2) is 51.9 Å². The number of aromatic amines is 1. The zero-order valence-corrected chi connectivity index (χ0v) is 16.3. The highest BCUT2D eigenvalue weighted by molar-refractivity contribution is 5.94. The van der Waals surface area contributed by atoms with Gasteiger partial charge in [0.1, 0.15) is 5.82 Å². The second-order valence-corrected chi connectivity index (χ2v) is 7.97. The molecule has 4 rings (SSSR count). The van der Waals surface area contributed by atoms with Gasteiger partial charge < -0.3 is 15.2 Å². The van der Waals surface area contributed by atoms with Gasteiger partial charge in [-0.05, 0) is 63.2 Å². The monoisotopic (exact) mass is 381 g/mol. The summed E-state index contributed by atoms with van der Waals surface area (Å²) in [6.07, 6.45) is 7.35. The highest BCUT2D eigenvalue weighted by atomic mass is 16.2. The quantitative estimate of drug-likeness (QED) is 0.840. The summed E-state index contributed by atoms with van der Waals surface area (Å²) in [5, 5.41) is 3.38. The smallest absolute Gasteiger partial charge is 0.255 e. The summed E-state index contributed by atoms with van der Waals surface area (Å²) in [5.74, 6) is 1.55. The number of pyridine rings is 1. The van der Waals surface area contributed by atoms with Gasteiger partial charge in [0.05, 0.1) is 11.3 Å². The largest absolute Gasteiger partial charge is 0.339 e. The summed E-state index contributed by atoms with van der Waals surface area (Å²) in [5.41, 5.74) is 2.54. The number of piperidine rings is 1. The SMILES string of the molecule is Cc1nc(C2CCN(C(=O)c3cncc(CC4CCNC4)c3)CC2)cc(=O)[nH]1. The van der Waals surface area contributed by atoms with Crippen molar-refractivity contribution in [3.8, 4) is 0 Å². The molecule has 7 heteroatoms. The molecule has 0 aromatic carbocycles. The second-order valence-electron chi connectivity index (χ2n) is 7.97. The van der Waals surface area contributed by atoms with Gasteiger partial charge in [-0.1, -0.05) is 0 Å². The van der Waals surface area contributed by atoms with Crippen molar-refractivity contribution in [2.75, 3.05) is 26.2 Å². The molecule has 7 nitrogen and oxygen atoms in total. The predicted octanol–water partition coefficient (Wildman–Crippen LogP) is 1.65. The van der Waals surface area contributed by atoms with Crippen LogP contribution in [0.1, 0.15) is 52.6 Å². The van der Waals surface area contributed by atoms with Crippen molar-refractivity contribution in [2.45, 2.75) is 38.5 Å². The van der Waals surface area contributed by atoms with E-state index in [1.165, 1.54) is 6.42 Å². The maximum atomic E-state index is 12.9. The number of H-pyrrole nitrogens is 1. The van der Waals surface area contributed by atoms with E-state index >= 15 is 0 Å². The summed E-state index contributed by atoms with van der Waals surface area (Å²) in [6, 6.07) is 3.59. The fourth-order valence-electron chi connectivity index (χ4n) is 4.31. The zero-order chi connectivity index (χ0) is 19.5. The highest BCUT2D eigenvalue weighted by Gasteiger charge is 2.26. The van der Waals surface area contributed by atoms with Gasteiger partial charge in [0.15, 0.2) is 0 Å². The summed E-state index contributed by atoms with van der Waals surface area (Å²) in [4.78, 5) is 38.0. The molecule has 1 atom stereocenters. The fourth-order valence-corrected chi connectivity index (χ4v) is 4.31. The molecule has 0 aliphatic carbocycles. The lowest BCUT2D eigenvalue weighted by Crippen LogP contribution is -2.38. The van der Waals surface area contributed by atoms with Crippen molar-refractivity contribution in [1.82, 2.24) is 25.2 Å². The van der Waals surface area contributed by atoms with Gasteiger partial charge in [-0.15, -0.1) is 0 Å². The minimum absolute atomic E-state index is 0.0485. The van der Waals surface area contributed by atoms with Crippen LogP contribution in [0, 0.1) is 12.8 Å². The van der Waals surface area contributed by atoms with Gasteiger partial charge >= 0.3 is 0 Å². The van der Waals surface area contributed by atoms with Crippen LogP contribution < -0.4 is 10.9 Å².